The van der Waals surface area contributed by atoms with E-state index in [0.717, 1.165) is 31.0 Å². The first kappa shape index (κ1) is 12.9. The monoisotopic (exact) mass is 244 g/mol. The molecular formula is C13H18Cl2. The van der Waals surface area contributed by atoms with Crippen LogP contribution in [0.15, 0.2) is 30.3 Å². The zero-order valence-electron chi connectivity index (χ0n) is 8.96. The summed E-state index contributed by atoms with van der Waals surface area (Å²) in [5.41, 5.74) is 1.40. The smallest absolute Gasteiger partial charge is 0.0226 e. The highest BCUT2D eigenvalue weighted by Gasteiger charge is 2.08. The molecule has 1 unspecified atom stereocenters. The summed E-state index contributed by atoms with van der Waals surface area (Å²) in [6.45, 7) is 0. The van der Waals surface area contributed by atoms with E-state index in [1.165, 1.54) is 12.0 Å². The van der Waals surface area contributed by atoms with Crippen LogP contribution in [0, 0.1) is 5.92 Å². The van der Waals surface area contributed by atoms with Gasteiger partial charge in [-0.05, 0) is 37.2 Å². The molecule has 0 amide bonds. The molecule has 0 aromatic heterocycles. The van der Waals surface area contributed by atoms with Crippen molar-refractivity contribution in [2.75, 3.05) is 11.8 Å². The minimum Gasteiger partial charge on any atom is -0.127 e. The van der Waals surface area contributed by atoms with Crippen molar-refractivity contribution < 1.29 is 0 Å². The number of rotatable bonds is 7. The van der Waals surface area contributed by atoms with Crippen LogP contribution in [-0.2, 0) is 6.42 Å². The van der Waals surface area contributed by atoms with Crippen LogP contribution in [-0.4, -0.2) is 11.8 Å². The van der Waals surface area contributed by atoms with Crippen LogP contribution in [0.25, 0.3) is 0 Å². The Hall–Kier alpha value is -0.200. The van der Waals surface area contributed by atoms with E-state index >= 15 is 0 Å². The van der Waals surface area contributed by atoms with Gasteiger partial charge in [0.2, 0.25) is 0 Å². The maximum absolute atomic E-state index is 5.81. The summed E-state index contributed by atoms with van der Waals surface area (Å²) in [5.74, 6) is 2.19. The molecule has 0 saturated heterocycles. The molecule has 0 aliphatic carbocycles. The lowest BCUT2D eigenvalue weighted by molar-refractivity contribution is 0.466. The van der Waals surface area contributed by atoms with Gasteiger partial charge >= 0.3 is 0 Å². The van der Waals surface area contributed by atoms with Gasteiger partial charge in [0.25, 0.3) is 0 Å². The minimum atomic E-state index is 0.684. The quantitative estimate of drug-likeness (QED) is 0.621. The largest absolute Gasteiger partial charge is 0.127 e. The third-order valence-electron chi connectivity index (χ3n) is 2.63. The van der Waals surface area contributed by atoms with Gasteiger partial charge < -0.3 is 0 Å². The number of alkyl halides is 2. The van der Waals surface area contributed by atoms with Crippen molar-refractivity contribution in [2.24, 2.45) is 5.92 Å². The lowest BCUT2D eigenvalue weighted by Crippen LogP contribution is -2.06. The molecule has 0 heterocycles. The van der Waals surface area contributed by atoms with Crippen molar-refractivity contribution in [3.8, 4) is 0 Å². The summed E-state index contributed by atoms with van der Waals surface area (Å²) in [4.78, 5) is 0. The van der Waals surface area contributed by atoms with E-state index in [-0.39, 0.29) is 0 Å². The zero-order chi connectivity index (χ0) is 10.9. The summed E-state index contributed by atoms with van der Waals surface area (Å²) >= 11 is 11.5. The number of hydrogen-bond acceptors (Lipinski definition) is 0. The van der Waals surface area contributed by atoms with E-state index in [1.807, 2.05) is 0 Å². The Morgan fingerprint density at radius 2 is 1.67 bits per heavy atom. The third-order valence-corrected chi connectivity index (χ3v) is 3.12. The number of halogens is 2. The average molecular weight is 245 g/mol. The van der Waals surface area contributed by atoms with Gasteiger partial charge in [-0.1, -0.05) is 30.3 Å². The molecule has 0 N–H and O–H groups in total. The van der Waals surface area contributed by atoms with E-state index in [0.29, 0.717) is 5.92 Å². The van der Waals surface area contributed by atoms with Crippen molar-refractivity contribution in [1.29, 1.82) is 0 Å². The van der Waals surface area contributed by atoms with E-state index in [9.17, 15) is 0 Å². The third kappa shape index (κ3) is 5.44. The van der Waals surface area contributed by atoms with Crippen LogP contribution >= 0.6 is 23.2 Å². The Balaban J connectivity index is 2.43. The highest BCUT2D eigenvalue weighted by molar-refractivity contribution is 6.18. The Bertz CT molecular complexity index is 246. The fourth-order valence-electron chi connectivity index (χ4n) is 1.82. The molecule has 84 valence electrons. The summed E-state index contributed by atoms with van der Waals surface area (Å²) in [6.07, 6.45) is 4.50. The van der Waals surface area contributed by atoms with E-state index in [2.05, 4.69) is 30.3 Å². The van der Waals surface area contributed by atoms with Crippen LogP contribution in [0.1, 0.15) is 24.8 Å². The average Bonchev–Trinajstić information content (AvgIpc) is 2.28. The van der Waals surface area contributed by atoms with Gasteiger partial charge in [-0.25, -0.2) is 0 Å². The van der Waals surface area contributed by atoms with Crippen molar-refractivity contribution in [3.05, 3.63) is 35.9 Å². The molecule has 0 saturated carbocycles. The van der Waals surface area contributed by atoms with Gasteiger partial charge in [-0.15, -0.1) is 23.2 Å². The van der Waals surface area contributed by atoms with Gasteiger partial charge in [-0.2, -0.15) is 0 Å². The number of benzene rings is 1. The lowest BCUT2D eigenvalue weighted by Gasteiger charge is -2.14. The topological polar surface area (TPSA) is 0 Å². The second-order valence-electron chi connectivity index (χ2n) is 3.86. The SMILES string of the molecule is ClCCCC(CCCl)Cc1ccccc1. The van der Waals surface area contributed by atoms with Gasteiger partial charge in [0.1, 0.15) is 0 Å². The first-order valence-corrected chi connectivity index (χ1v) is 6.59. The fourth-order valence-corrected chi connectivity index (χ4v) is 2.28. The Morgan fingerprint density at radius 1 is 0.933 bits per heavy atom. The van der Waals surface area contributed by atoms with E-state index in [4.69, 9.17) is 23.2 Å². The second-order valence-corrected chi connectivity index (χ2v) is 4.62. The highest BCUT2D eigenvalue weighted by Crippen LogP contribution is 2.18. The summed E-state index contributed by atoms with van der Waals surface area (Å²) in [7, 11) is 0. The van der Waals surface area contributed by atoms with E-state index in [1.54, 1.807) is 0 Å². The summed E-state index contributed by atoms with van der Waals surface area (Å²) < 4.78 is 0. The molecular weight excluding hydrogens is 227 g/mol. The van der Waals surface area contributed by atoms with Crippen LogP contribution < -0.4 is 0 Å². The summed E-state index contributed by atoms with van der Waals surface area (Å²) in [6, 6.07) is 10.6. The summed E-state index contributed by atoms with van der Waals surface area (Å²) in [5, 5.41) is 0. The number of hydrogen-bond donors (Lipinski definition) is 0. The Labute approximate surface area is 103 Å². The predicted molar refractivity (Wildman–Crippen MR) is 68.9 cm³/mol. The minimum absolute atomic E-state index is 0.684. The van der Waals surface area contributed by atoms with Gasteiger partial charge in [-0.3, -0.25) is 0 Å². The molecule has 0 aliphatic heterocycles. The van der Waals surface area contributed by atoms with Crippen molar-refractivity contribution in [2.45, 2.75) is 25.7 Å². The molecule has 0 radical (unpaired) electrons. The predicted octanol–water partition coefficient (Wildman–Crippen LogP) is 4.49. The molecule has 1 atom stereocenters. The molecule has 1 rings (SSSR count). The molecule has 2 heteroatoms. The van der Waals surface area contributed by atoms with Crippen LogP contribution in [0.5, 0.6) is 0 Å². The molecule has 0 nitrogen and oxygen atoms in total. The normalized spacial score (nSPS) is 12.7. The van der Waals surface area contributed by atoms with Crippen molar-refractivity contribution in [1.82, 2.24) is 0 Å². The molecule has 1 aromatic rings. The zero-order valence-corrected chi connectivity index (χ0v) is 10.5. The maximum Gasteiger partial charge on any atom is 0.0226 e. The second kappa shape index (κ2) is 8.01. The highest BCUT2D eigenvalue weighted by atomic mass is 35.5. The molecule has 0 fully saturated rings. The van der Waals surface area contributed by atoms with Crippen molar-refractivity contribution >= 4 is 23.2 Å². The van der Waals surface area contributed by atoms with Crippen LogP contribution in [0.4, 0.5) is 0 Å². The van der Waals surface area contributed by atoms with E-state index < -0.39 is 0 Å². The first-order valence-electron chi connectivity index (χ1n) is 5.52. The first-order chi connectivity index (χ1) is 7.36. The fraction of sp³-hybridized carbons (Fsp3) is 0.538. The van der Waals surface area contributed by atoms with Gasteiger partial charge in [0, 0.05) is 11.8 Å². The Kier molecular flexibility index (Phi) is 6.87. The standard InChI is InChI=1S/C13H18Cl2/c14-9-4-7-13(8-10-15)11-12-5-2-1-3-6-12/h1-3,5-6,13H,4,7-11H2. The lowest BCUT2D eigenvalue weighted by atomic mass is 9.93. The van der Waals surface area contributed by atoms with Crippen LogP contribution in [0.2, 0.25) is 0 Å². The molecule has 0 aliphatic rings. The molecule has 1 aromatic carbocycles. The van der Waals surface area contributed by atoms with Gasteiger partial charge in [0.15, 0.2) is 0 Å². The maximum atomic E-state index is 5.81. The Morgan fingerprint density at radius 3 is 2.27 bits per heavy atom. The van der Waals surface area contributed by atoms with Crippen LogP contribution in [0.3, 0.4) is 0 Å². The molecule has 0 spiro atoms. The molecule has 15 heavy (non-hydrogen) atoms. The van der Waals surface area contributed by atoms with Crippen molar-refractivity contribution in [3.63, 3.8) is 0 Å². The molecule has 0 bridgehead atoms. The van der Waals surface area contributed by atoms with Gasteiger partial charge in [0.05, 0.1) is 0 Å².